The molecule has 24 heavy (non-hydrogen) atoms. The highest BCUT2D eigenvalue weighted by Crippen LogP contribution is 2.33. The van der Waals surface area contributed by atoms with Crippen molar-refractivity contribution in [2.24, 2.45) is 0 Å². The van der Waals surface area contributed by atoms with Crippen molar-refractivity contribution in [3.8, 4) is 11.5 Å². The van der Waals surface area contributed by atoms with Gasteiger partial charge in [0, 0.05) is 11.1 Å². The van der Waals surface area contributed by atoms with Crippen LogP contribution in [-0.2, 0) is 10.0 Å². The summed E-state index contributed by atoms with van der Waals surface area (Å²) in [5.74, 6) is 0.691. The number of nitrogens with one attached hydrogen (secondary N) is 2. The van der Waals surface area contributed by atoms with Crippen molar-refractivity contribution < 1.29 is 17.9 Å². The first kappa shape index (κ1) is 19.0. The molecule has 0 aromatic heterocycles. The Kier molecular flexibility index (Phi) is 6.06. The standard InChI is InChI=1S/C14H13Cl3N2O4S/c1-22-12-4-3-9(7-13(12)23-2)24(20,21)19-18-14-10(16)5-8(15)6-11(14)17/h3-7,18-19H,1-2H3. The molecule has 2 aromatic carbocycles. The summed E-state index contributed by atoms with van der Waals surface area (Å²) in [5, 5.41) is 0.670. The zero-order valence-corrected chi connectivity index (χ0v) is 15.6. The number of hydrogen-bond donors (Lipinski definition) is 2. The Hall–Kier alpha value is -1.38. The van der Waals surface area contributed by atoms with Gasteiger partial charge >= 0.3 is 0 Å². The molecule has 0 heterocycles. The van der Waals surface area contributed by atoms with E-state index in [0.29, 0.717) is 10.8 Å². The smallest absolute Gasteiger partial charge is 0.257 e. The van der Waals surface area contributed by atoms with Gasteiger partial charge in [0.05, 0.1) is 34.8 Å². The number of ether oxygens (including phenoxy) is 2. The Morgan fingerprint density at radius 3 is 2.04 bits per heavy atom. The van der Waals surface area contributed by atoms with Crippen LogP contribution in [-0.4, -0.2) is 22.6 Å². The Bertz CT molecular complexity index is 836. The molecule has 0 saturated heterocycles. The lowest BCUT2D eigenvalue weighted by Crippen LogP contribution is -2.29. The number of hydrazine groups is 1. The summed E-state index contributed by atoms with van der Waals surface area (Å²) in [6, 6.07) is 7.05. The topological polar surface area (TPSA) is 76.7 Å². The van der Waals surface area contributed by atoms with Gasteiger partial charge in [-0.2, -0.15) is 0 Å². The Labute approximate surface area is 154 Å². The second-order valence-electron chi connectivity index (χ2n) is 4.49. The molecule has 0 radical (unpaired) electrons. The monoisotopic (exact) mass is 410 g/mol. The molecule has 0 amide bonds. The Morgan fingerprint density at radius 1 is 0.917 bits per heavy atom. The van der Waals surface area contributed by atoms with E-state index in [4.69, 9.17) is 44.3 Å². The SMILES string of the molecule is COc1ccc(S(=O)(=O)NNc2c(Cl)cc(Cl)cc2Cl)cc1OC. The second-order valence-corrected chi connectivity index (χ2v) is 7.42. The number of halogens is 3. The fourth-order valence-corrected chi connectivity index (χ4v) is 3.60. The average Bonchev–Trinajstić information content (AvgIpc) is 2.52. The Morgan fingerprint density at radius 2 is 1.50 bits per heavy atom. The van der Waals surface area contributed by atoms with Crippen molar-refractivity contribution >= 4 is 50.5 Å². The van der Waals surface area contributed by atoms with Gasteiger partial charge in [0.1, 0.15) is 0 Å². The maximum Gasteiger partial charge on any atom is 0.257 e. The molecule has 0 saturated carbocycles. The molecule has 0 fully saturated rings. The van der Waals surface area contributed by atoms with Crippen molar-refractivity contribution in [1.82, 2.24) is 4.83 Å². The number of rotatable bonds is 6. The van der Waals surface area contributed by atoms with E-state index in [2.05, 4.69) is 10.3 Å². The van der Waals surface area contributed by atoms with Crippen LogP contribution in [0.4, 0.5) is 5.69 Å². The third-order valence-corrected chi connectivity index (χ3v) is 5.04. The molecular weight excluding hydrogens is 399 g/mol. The van der Waals surface area contributed by atoms with Crippen LogP contribution in [0.5, 0.6) is 11.5 Å². The summed E-state index contributed by atoms with van der Waals surface area (Å²) >= 11 is 17.8. The second kappa shape index (κ2) is 7.67. The third-order valence-electron chi connectivity index (χ3n) is 2.98. The Balaban J connectivity index is 2.27. The highest BCUT2D eigenvalue weighted by molar-refractivity contribution is 7.89. The average molecular weight is 412 g/mol. The summed E-state index contributed by atoms with van der Waals surface area (Å²) in [4.78, 5) is 2.16. The van der Waals surface area contributed by atoms with Crippen LogP contribution in [0.1, 0.15) is 0 Å². The summed E-state index contributed by atoms with van der Waals surface area (Å²) in [5.41, 5.74) is 2.67. The third kappa shape index (κ3) is 4.17. The van der Waals surface area contributed by atoms with Crippen molar-refractivity contribution in [3.63, 3.8) is 0 Å². The molecule has 130 valence electrons. The largest absolute Gasteiger partial charge is 0.493 e. The molecule has 2 aromatic rings. The van der Waals surface area contributed by atoms with Gasteiger partial charge in [-0.05, 0) is 24.3 Å². The first-order valence-corrected chi connectivity index (χ1v) is 9.04. The lowest BCUT2D eigenvalue weighted by atomic mass is 10.3. The first-order chi connectivity index (χ1) is 11.3. The zero-order valence-electron chi connectivity index (χ0n) is 12.6. The summed E-state index contributed by atoms with van der Waals surface area (Å²) in [6.45, 7) is 0. The van der Waals surface area contributed by atoms with E-state index in [9.17, 15) is 8.42 Å². The van der Waals surface area contributed by atoms with Crippen LogP contribution < -0.4 is 19.7 Å². The van der Waals surface area contributed by atoms with Crippen molar-refractivity contribution in [1.29, 1.82) is 0 Å². The summed E-state index contributed by atoms with van der Waals surface area (Å²) in [7, 11) is -1.04. The number of benzene rings is 2. The molecular formula is C14H13Cl3N2O4S. The molecule has 10 heteroatoms. The molecule has 0 aliphatic rings. The maximum absolute atomic E-state index is 12.4. The van der Waals surface area contributed by atoms with Crippen molar-refractivity contribution in [2.75, 3.05) is 19.6 Å². The van der Waals surface area contributed by atoms with Crippen LogP contribution in [0.3, 0.4) is 0 Å². The number of anilines is 1. The van der Waals surface area contributed by atoms with Crippen molar-refractivity contribution in [2.45, 2.75) is 4.90 Å². The van der Waals surface area contributed by atoms with E-state index in [1.54, 1.807) is 0 Å². The van der Waals surface area contributed by atoms with E-state index in [-0.39, 0.29) is 26.4 Å². The summed E-state index contributed by atoms with van der Waals surface area (Å²) in [6.07, 6.45) is 0. The van der Waals surface area contributed by atoms with Gasteiger partial charge in [-0.3, -0.25) is 0 Å². The van der Waals surface area contributed by atoms with Gasteiger partial charge in [-0.1, -0.05) is 34.8 Å². The maximum atomic E-state index is 12.4. The molecule has 0 spiro atoms. The molecule has 2 N–H and O–H groups in total. The van der Waals surface area contributed by atoms with Gasteiger partial charge in [-0.15, -0.1) is 4.83 Å². The minimum absolute atomic E-state index is 0.0335. The van der Waals surface area contributed by atoms with Crippen LogP contribution >= 0.6 is 34.8 Å². The van der Waals surface area contributed by atoms with Crippen molar-refractivity contribution in [3.05, 3.63) is 45.4 Å². The quantitative estimate of drug-likeness (QED) is 0.703. The van der Waals surface area contributed by atoms with Gasteiger partial charge in [0.2, 0.25) is 0 Å². The van der Waals surface area contributed by atoms with E-state index in [0.717, 1.165) is 0 Å². The van der Waals surface area contributed by atoms with Crippen LogP contribution in [0.2, 0.25) is 15.1 Å². The predicted octanol–water partition coefficient (Wildman–Crippen LogP) is 3.97. The molecule has 0 unspecified atom stereocenters. The van der Waals surface area contributed by atoms with Gasteiger partial charge < -0.3 is 14.9 Å². The number of sulfonamides is 1. The fourth-order valence-electron chi connectivity index (χ4n) is 1.82. The molecule has 0 bridgehead atoms. The fraction of sp³-hybridized carbons (Fsp3) is 0.143. The molecule has 2 rings (SSSR count). The highest BCUT2D eigenvalue weighted by Gasteiger charge is 2.18. The van der Waals surface area contributed by atoms with Crippen LogP contribution in [0.15, 0.2) is 35.2 Å². The molecule has 6 nitrogen and oxygen atoms in total. The van der Waals surface area contributed by atoms with E-state index < -0.39 is 10.0 Å². The molecule has 0 aliphatic heterocycles. The van der Waals surface area contributed by atoms with Gasteiger partial charge in [-0.25, -0.2) is 8.42 Å². The zero-order chi connectivity index (χ0) is 17.9. The minimum Gasteiger partial charge on any atom is -0.493 e. The van der Waals surface area contributed by atoms with E-state index >= 15 is 0 Å². The lowest BCUT2D eigenvalue weighted by Gasteiger charge is -2.14. The molecule has 0 aliphatic carbocycles. The number of methoxy groups -OCH3 is 2. The normalized spacial score (nSPS) is 11.2. The first-order valence-electron chi connectivity index (χ1n) is 6.43. The van der Waals surface area contributed by atoms with Crippen LogP contribution in [0, 0.1) is 0 Å². The number of hydrogen-bond acceptors (Lipinski definition) is 5. The summed E-state index contributed by atoms with van der Waals surface area (Å²) < 4.78 is 34.9. The molecule has 0 atom stereocenters. The van der Waals surface area contributed by atoms with Gasteiger partial charge in [0.15, 0.2) is 11.5 Å². The van der Waals surface area contributed by atoms with Crippen LogP contribution in [0.25, 0.3) is 0 Å². The van der Waals surface area contributed by atoms with E-state index in [1.807, 2.05) is 0 Å². The minimum atomic E-state index is -3.91. The highest BCUT2D eigenvalue weighted by atomic mass is 35.5. The van der Waals surface area contributed by atoms with E-state index in [1.165, 1.54) is 44.6 Å². The predicted molar refractivity (Wildman–Crippen MR) is 95.0 cm³/mol. The lowest BCUT2D eigenvalue weighted by molar-refractivity contribution is 0.354. The van der Waals surface area contributed by atoms with Gasteiger partial charge in [0.25, 0.3) is 10.0 Å².